The Morgan fingerprint density at radius 3 is 2.32 bits per heavy atom. The zero-order chi connectivity index (χ0) is 14.2. The average Bonchev–Trinajstić information content (AvgIpc) is 2.32. The molecule has 0 bridgehead atoms. The smallest absolute Gasteiger partial charge is 0.230 e. The summed E-state index contributed by atoms with van der Waals surface area (Å²) in [5.41, 5.74) is 3.00. The van der Waals surface area contributed by atoms with Crippen molar-refractivity contribution in [2.45, 2.75) is 40.0 Å². The van der Waals surface area contributed by atoms with E-state index in [0.717, 1.165) is 28.9 Å². The lowest BCUT2D eigenvalue weighted by Crippen LogP contribution is -2.35. The van der Waals surface area contributed by atoms with Crippen LogP contribution in [0.5, 0.6) is 0 Å². The summed E-state index contributed by atoms with van der Waals surface area (Å²) in [5.74, 6) is -0.707. The average molecular weight is 259 g/mol. The van der Waals surface area contributed by atoms with Gasteiger partial charge in [-0.3, -0.25) is 19.3 Å². The third-order valence-corrected chi connectivity index (χ3v) is 3.51. The first-order valence-electron chi connectivity index (χ1n) is 6.40. The summed E-state index contributed by atoms with van der Waals surface area (Å²) in [6.07, 6.45) is 2.13. The number of hydrogen-bond donors (Lipinski definition) is 0. The van der Waals surface area contributed by atoms with Gasteiger partial charge < -0.3 is 0 Å². The largest absolute Gasteiger partial charge is 0.294 e. The lowest BCUT2D eigenvalue weighted by molar-refractivity contribution is -0.124. The normalized spacial score (nSPS) is 13.9. The predicted molar refractivity (Wildman–Crippen MR) is 72.3 cm³/mol. The molecule has 0 aliphatic heterocycles. The molecule has 1 aromatic carbocycles. The van der Waals surface area contributed by atoms with E-state index in [-0.39, 0.29) is 17.6 Å². The zero-order valence-corrected chi connectivity index (χ0v) is 11.4. The fraction of sp³-hybridized carbons (Fsp3) is 0.400. The van der Waals surface area contributed by atoms with Gasteiger partial charge in [0.15, 0.2) is 5.78 Å². The first-order valence-corrected chi connectivity index (χ1v) is 6.40. The Balaban J connectivity index is 2.67. The maximum Gasteiger partial charge on any atom is 0.230 e. The molecule has 0 unspecified atom stereocenters. The van der Waals surface area contributed by atoms with Gasteiger partial charge in [-0.15, -0.1) is 0 Å². The van der Waals surface area contributed by atoms with Crippen LogP contribution >= 0.6 is 0 Å². The van der Waals surface area contributed by atoms with E-state index in [0.29, 0.717) is 17.7 Å². The van der Waals surface area contributed by atoms with Crippen LogP contribution in [0.25, 0.3) is 0 Å². The summed E-state index contributed by atoms with van der Waals surface area (Å²) in [5, 5.41) is 0. The van der Waals surface area contributed by atoms with E-state index in [9.17, 15) is 14.4 Å². The molecule has 0 spiro atoms. The maximum absolute atomic E-state index is 12.2. The van der Waals surface area contributed by atoms with Crippen LogP contribution in [0.4, 0.5) is 5.69 Å². The van der Waals surface area contributed by atoms with Crippen molar-refractivity contribution in [3.8, 4) is 0 Å². The Hall–Kier alpha value is -1.97. The summed E-state index contributed by atoms with van der Waals surface area (Å²) in [4.78, 5) is 36.6. The number of ketones is 1. The molecule has 2 rings (SSSR count). The van der Waals surface area contributed by atoms with Gasteiger partial charge in [-0.25, -0.2) is 0 Å². The first-order chi connectivity index (χ1) is 8.93. The Bertz CT molecular complexity index is 561. The monoisotopic (exact) mass is 259 g/mol. The Morgan fingerprint density at radius 2 is 1.74 bits per heavy atom. The maximum atomic E-state index is 12.2. The molecule has 0 saturated heterocycles. The van der Waals surface area contributed by atoms with Crippen molar-refractivity contribution in [2.24, 2.45) is 0 Å². The zero-order valence-electron chi connectivity index (χ0n) is 11.4. The molecule has 100 valence electrons. The highest BCUT2D eigenvalue weighted by molar-refractivity contribution is 6.17. The number of aryl methyl sites for hydroxylation is 1. The number of carbonyl (C=O) groups is 3. The van der Waals surface area contributed by atoms with E-state index in [1.165, 1.54) is 13.8 Å². The molecule has 1 aliphatic carbocycles. The minimum Gasteiger partial charge on any atom is -0.294 e. The van der Waals surface area contributed by atoms with Crippen LogP contribution in [0.15, 0.2) is 12.1 Å². The Kier molecular flexibility index (Phi) is 3.51. The van der Waals surface area contributed by atoms with Gasteiger partial charge in [0, 0.05) is 25.8 Å². The Labute approximate surface area is 112 Å². The molecule has 0 fully saturated rings. The van der Waals surface area contributed by atoms with Gasteiger partial charge in [0.25, 0.3) is 0 Å². The van der Waals surface area contributed by atoms with Crippen molar-refractivity contribution in [3.05, 3.63) is 28.8 Å². The highest BCUT2D eigenvalue weighted by Crippen LogP contribution is 2.33. The Morgan fingerprint density at radius 1 is 1.11 bits per heavy atom. The molecule has 0 N–H and O–H groups in total. The SMILES string of the molecule is CC(=O)N(C(C)=O)c1ccc(C)c2c1C(=O)CCC2. The molecule has 1 aromatic rings. The summed E-state index contributed by atoms with van der Waals surface area (Å²) in [7, 11) is 0. The van der Waals surface area contributed by atoms with E-state index >= 15 is 0 Å². The van der Waals surface area contributed by atoms with Gasteiger partial charge in [-0.1, -0.05) is 6.07 Å². The van der Waals surface area contributed by atoms with Crippen LogP contribution < -0.4 is 4.90 Å². The van der Waals surface area contributed by atoms with Crippen LogP contribution in [0.3, 0.4) is 0 Å². The quantitative estimate of drug-likeness (QED) is 0.778. The summed E-state index contributed by atoms with van der Waals surface area (Å²) >= 11 is 0. The summed E-state index contributed by atoms with van der Waals surface area (Å²) < 4.78 is 0. The van der Waals surface area contributed by atoms with E-state index in [1.807, 2.05) is 13.0 Å². The van der Waals surface area contributed by atoms with Gasteiger partial charge in [0.2, 0.25) is 11.8 Å². The number of anilines is 1. The number of Topliss-reactive ketones (excluding diaryl/α,β-unsaturated/α-hetero) is 1. The fourth-order valence-electron chi connectivity index (χ4n) is 2.67. The van der Waals surface area contributed by atoms with Crippen molar-refractivity contribution in [1.82, 2.24) is 0 Å². The molecule has 0 radical (unpaired) electrons. The molecule has 4 nitrogen and oxygen atoms in total. The third-order valence-electron chi connectivity index (χ3n) is 3.51. The third kappa shape index (κ3) is 2.30. The van der Waals surface area contributed by atoms with Crippen LogP contribution in [0.1, 0.15) is 48.2 Å². The molecule has 2 amide bonds. The number of benzene rings is 1. The number of nitrogens with zero attached hydrogens (tertiary/aromatic N) is 1. The van der Waals surface area contributed by atoms with Crippen LogP contribution in [-0.2, 0) is 16.0 Å². The van der Waals surface area contributed by atoms with Crippen molar-refractivity contribution in [3.63, 3.8) is 0 Å². The van der Waals surface area contributed by atoms with E-state index in [4.69, 9.17) is 0 Å². The van der Waals surface area contributed by atoms with Crippen LogP contribution in [-0.4, -0.2) is 17.6 Å². The molecule has 4 heteroatoms. The molecule has 0 atom stereocenters. The second-order valence-electron chi connectivity index (χ2n) is 4.91. The van der Waals surface area contributed by atoms with Crippen LogP contribution in [0, 0.1) is 6.92 Å². The van der Waals surface area contributed by atoms with E-state index in [1.54, 1.807) is 6.07 Å². The van der Waals surface area contributed by atoms with Gasteiger partial charge in [0.1, 0.15) is 0 Å². The van der Waals surface area contributed by atoms with Crippen molar-refractivity contribution >= 4 is 23.3 Å². The topological polar surface area (TPSA) is 54.5 Å². The number of hydrogen-bond acceptors (Lipinski definition) is 3. The van der Waals surface area contributed by atoms with E-state index < -0.39 is 0 Å². The number of amides is 2. The first kappa shape index (κ1) is 13.5. The van der Waals surface area contributed by atoms with Gasteiger partial charge in [-0.2, -0.15) is 0 Å². The molecule has 0 aromatic heterocycles. The number of imide groups is 1. The molecule has 1 aliphatic rings. The minimum atomic E-state index is -0.364. The molecule has 0 heterocycles. The lowest BCUT2D eigenvalue weighted by atomic mass is 9.86. The van der Waals surface area contributed by atoms with Crippen molar-refractivity contribution in [2.75, 3.05) is 4.90 Å². The number of carbonyl (C=O) groups excluding carboxylic acids is 3. The molecular formula is C15H17NO3. The highest BCUT2D eigenvalue weighted by atomic mass is 16.2. The van der Waals surface area contributed by atoms with Crippen LogP contribution in [0.2, 0.25) is 0 Å². The summed E-state index contributed by atoms with van der Waals surface area (Å²) in [6.45, 7) is 4.62. The van der Waals surface area contributed by atoms with Gasteiger partial charge >= 0.3 is 0 Å². The van der Waals surface area contributed by atoms with Crippen molar-refractivity contribution < 1.29 is 14.4 Å². The molecule has 0 saturated carbocycles. The second kappa shape index (κ2) is 4.96. The predicted octanol–water partition coefficient (Wildman–Crippen LogP) is 2.41. The number of fused-ring (bicyclic) bond motifs is 1. The van der Waals surface area contributed by atoms with Gasteiger partial charge in [0.05, 0.1) is 5.69 Å². The van der Waals surface area contributed by atoms with Crippen molar-refractivity contribution in [1.29, 1.82) is 0 Å². The molecule has 19 heavy (non-hydrogen) atoms. The van der Waals surface area contributed by atoms with Gasteiger partial charge in [-0.05, 0) is 37.0 Å². The fourth-order valence-corrected chi connectivity index (χ4v) is 2.67. The number of rotatable bonds is 1. The molecular weight excluding hydrogens is 242 g/mol. The highest BCUT2D eigenvalue weighted by Gasteiger charge is 2.27. The second-order valence-corrected chi connectivity index (χ2v) is 4.91. The van der Waals surface area contributed by atoms with E-state index in [2.05, 4.69) is 0 Å². The summed E-state index contributed by atoms with van der Waals surface area (Å²) in [6, 6.07) is 3.56. The standard InChI is InChI=1S/C15H17NO3/c1-9-7-8-13(16(10(2)17)11(3)18)15-12(9)5-4-6-14(15)19/h7-8H,4-6H2,1-3H3. The minimum absolute atomic E-state index is 0.0208. The lowest BCUT2D eigenvalue weighted by Gasteiger charge is -2.25.